The fourth-order valence-electron chi connectivity index (χ4n) is 1.99. The minimum Gasteiger partial charge on any atom is -0.293 e. The number of hydrogen-bond acceptors (Lipinski definition) is 3. The minimum absolute atomic E-state index is 0.152. The van der Waals surface area contributed by atoms with Gasteiger partial charge < -0.3 is 0 Å². The van der Waals surface area contributed by atoms with Crippen LogP contribution in [0.5, 0.6) is 0 Å². The quantitative estimate of drug-likeness (QED) is 0.845. The van der Waals surface area contributed by atoms with Crippen molar-refractivity contribution in [3.63, 3.8) is 0 Å². The van der Waals surface area contributed by atoms with Crippen LogP contribution in [0.3, 0.4) is 0 Å². The van der Waals surface area contributed by atoms with E-state index in [9.17, 15) is 4.79 Å². The van der Waals surface area contributed by atoms with Gasteiger partial charge in [-0.1, -0.05) is 12.1 Å². The molecule has 1 fully saturated rings. The van der Waals surface area contributed by atoms with Crippen LogP contribution in [0, 0.1) is 0 Å². The first-order chi connectivity index (χ1) is 8.84. The Balaban J connectivity index is 1.80. The van der Waals surface area contributed by atoms with Crippen LogP contribution >= 0.6 is 11.3 Å². The summed E-state index contributed by atoms with van der Waals surface area (Å²) in [4.78, 5) is 19.7. The number of nitrogens with zero attached hydrogens (tertiary/aromatic N) is 2. The number of hydrogen-bond donors (Lipinski definition) is 0. The van der Waals surface area contributed by atoms with Crippen molar-refractivity contribution in [2.24, 2.45) is 0 Å². The van der Waals surface area contributed by atoms with Crippen LogP contribution in [0.1, 0.15) is 17.7 Å². The molecule has 2 heterocycles. The van der Waals surface area contributed by atoms with E-state index in [0.717, 1.165) is 23.5 Å². The molecule has 0 aliphatic heterocycles. The average Bonchev–Trinajstić information content (AvgIpc) is 3.08. The summed E-state index contributed by atoms with van der Waals surface area (Å²) in [6, 6.07) is 10.0. The molecule has 1 aliphatic carbocycles. The van der Waals surface area contributed by atoms with E-state index < -0.39 is 0 Å². The van der Waals surface area contributed by atoms with Gasteiger partial charge in [-0.2, -0.15) is 0 Å². The van der Waals surface area contributed by atoms with Gasteiger partial charge in [0.25, 0.3) is 0 Å². The molecule has 3 nitrogen and oxygen atoms in total. The first-order valence-electron chi connectivity index (χ1n) is 6.10. The second-order valence-electron chi connectivity index (χ2n) is 4.44. The van der Waals surface area contributed by atoms with Gasteiger partial charge in [0, 0.05) is 17.1 Å². The molecule has 18 heavy (non-hydrogen) atoms. The van der Waals surface area contributed by atoms with Crippen LogP contribution in [0.4, 0.5) is 5.82 Å². The fourth-order valence-corrected chi connectivity index (χ4v) is 2.69. The van der Waals surface area contributed by atoms with Gasteiger partial charge in [-0.05, 0) is 36.4 Å². The molecule has 1 aliphatic rings. The summed E-state index contributed by atoms with van der Waals surface area (Å²) in [6.07, 6.45) is 4.40. The molecule has 0 aromatic carbocycles. The number of pyridine rings is 1. The lowest BCUT2D eigenvalue weighted by molar-refractivity contribution is -0.118. The summed E-state index contributed by atoms with van der Waals surface area (Å²) < 4.78 is 0. The smallest absolute Gasteiger partial charge is 0.233 e. The second-order valence-corrected chi connectivity index (χ2v) is 5.47. The highest BCUT2D eigenvalue weighted by molar-refractivity contribution is 7.10. The molecule has 0 atom stereocenters. The molecule has 0 saturated heterocycles. The average molecular weight is 258 g/mol. The molecule has 4 heteroatoms. The lowest BCUT2D eigenvalue weighted by atomic mass is 10.3. The van der Waals surface area contributed by atoms with Crippen LogP contribution in [0.25, 0.3) is 0 Å². The number of carbonyl (C=O) groups is 1. The third kappa shape index (κ3) is 2.43. The Morgan fingerprint density at radius 2 is 2.22 bits per heavy atom. The van der Waals surface area contributed by atoms with Gasteiger partial charge in [-0.15, -0.1) is 11.3 Å². The molecule has 0 radical (unpaired) electrons. The van der Waals surface area contributed by atoms with Crippen molar-refractivity contribution >= 4 is 23.1 Å². The summed E-state index contributed by atoms with van der Waals surface area (Å²) in [7, 11) is 0. The van der Waals surface area contributed by atoms with Crippen molar-refractivity contribution in [1.82, 2.24) is 4.98 Å². The number of aromatic nitrogens is 1. The van der Waals surface area contributed by atoms with Gasteiger partial charge in [0.2, 0.25) is 5.91 Å². The van der Waals surface area contributed by atoms with Gasteiger partial charge in [0.15, 0.2) is 0 Å². The van der Waals surface area contributed by atoms with E-state index in [2.05, 4.69) is 4.98 Å². The number of rotatable bonds is 4. The van der Waals surface area contributed by atoms with Gasteiger partial charge in [0.05, 0.1) is 6.42 Å². The predicted molar refractivity (Wildman–Crippen MR) is 72.8 cm³/mol. The zero-order chi connectivity index (χ0) is 12.4. The molecular weight excluding hydrogens is 244 g/mol. The molecule has 0 unspecified atom stereocenters. The Labute approximate surface area is 110 Å². The van der Waals surface area contributed by atoms with Crippen molar-refractivity contribution in [3.05, 3.63) is 46.8 Å². The van der Waals surface area contributed by atoms with Gasteiger partial charge in [-0.3, -0.25) is 9.69 Å². The molecule has 2 aromatic heterocycles. The summed E-state index contributed by atoms with van der Waals surface area (Å²) in [5, 5.41) is 2.00. The number of anilines is 1. The van der Waals surface area contributed by atoms with Crippen molar-refractivity contribution in [2.45, 2.75) is 25.3 Å². The highest BCUT2D eigenvalue weighted by Gasteiger charge is 2.34. The van der Waals surface area contributed by atoms with E-state index in [1.165, 1.54) is 0 Å². The normalized spacial score (nSPS) is 14.4. The van der Waals surface area contributed by atoms with Crippen LogP contribution in [0.15, 0.2) is 41.9 Å². The Bertz CT molecular complexity index is 520. The van der Waals surface area contributed by atoms with E-state index in [1.807, 2.05) is 40.6 Å². The zero-order valence-corrected chi connectivity index (χ0v) is 10.8. The number of amides is 1. The van der Waals surface area contributed by atoms with Crippen molar-refractivity contribution in [3.8, 4) is 0 Å². The van der Waals surface area contributed by atoms with E-state index in [1.54, 1.807) is 17.5 Å². The maximum atomic E-state index is 12.4. The van der Waals surface area contributed by atoms with Gasteiger partial charge in [0.1, 0.15) is 5.82 Å². The lowest BCUT2D eigenvalue weighted by Gasteiger charge is -2.21. The first-order valence-corrected chi connectivity index (χ1v) is 6.98. The second kappa shape index (κ2) is 4.90. The molecule has 1 saturated carbocycles. The van der Waals surface area contributed by atoms with E-state index in [0.29, 0.717) is 12.5 Å². The van der Waals surface area contributed by atoms with E-state index >= 15 is 0 Å². The Morgan fingerprint density at radius 3 is 2.83 bits per heavy atom. The first kappa shape index (κ1) is 11.4. The lowest BCUT2D eigenvalue weighted by Crippen LogP contribution is -2.34. The van der Waals surface area contributed by atoms with E-state index in [4.69, 9.17) is 0 Å². The topological polar surface area (TPSA) is 33.2 Å². The van der Waals surface area contributed by atoms with Crippen LogP contribution in [-0.4, -0.2) is 16.9 Å². The van der Waals surface area contributed by atoms with E-state index in [-0.39, 0.29) is 5.91 Å². The Morgan fingerprint density at radius 1 is 1.33 bits per heavy atom. The molecule has 3 rings (SSSR count). The third-order valence-corrected chi connectivity index (χ3v) is 3.86. The minimum atomic E-state index is 0.152. The monoisotopic (exact) mass is 258 g/mol. The molecule has 0 N–H and O–H groups in total. The maximum absolute atomic E-state index is 12.4. The van der Waals surface area contributed by atoms with Crippen molar-refractivity contribution < 1.29 is 4.79 Å². The van der Waals surface area contributed by atoms with Crippen LogP contribution in [0.2, 0.25) is 0 Å². The summed E-state index contributed by atoms with van der Waals surface area (Å²) in [5.41, 5.74) is 0. The van der Waals surface area contributed by atoms with Crippen LogP contribution < -0.4 is 4.90 Å². The Kier molecular flexibility index (Phi) is 3.11. The molecule has 92 valence electrons. The summed E-state index contributed by atoms with van der Waals surface area (Å²) in [5.74, 6) is 0.931. The molecule has 2 aromatic rings. The molecule has 1 amide bonds. The Hall–Kier alpha value is -1.68. The maximum Gasteiger partial charge on any atom is 0.233 e. The molecule has 0 spiro atoms. The van der Waals surface area contributed by atoms with Crippen molar-refractivity contribution in [2.75, 3.05) is 4.90 Å². The number of carbonyl (C=O) groups excluding carboxylic acids is 1. The fraction of sp³-hybridized carbons (Fsp3) is 0.286. The van der Waals surface area contributed by atoms with Gasteiger partial charge in [-0.25, -0.2) is 4.98 Å². The standard InChI is InChI=1S/C14H14N2OS/c17-14(10-12-4-3-9-18-12)16(11-6-7-11)13-5-1-2-8-15-13/h1-5,8-9,11H,6-7,10H2. The summed E-state index contributed by atoms with van der Waals surface area (Å²) >= 11 is 1.63. The highest BCUT2D eigenvalue weighted by atomic mass is 32.1. The van der Waals surface area contributed by atoms with Crippen molar-refractivity contribution in [1.29, 1.82) is 0 Å². The van der Waals surface area contributed by atoms with Crippen LogP contribution in [-0.2, 0) is 11.2 Å². The zero-order valence-electron chi connectivity index (χ0n) is 9.95. The largest absolute Gasteiger partial charge is 0.293 e. The predicted octanol–water partition coefficient (Wildman–Crippen LogP) is 2.88. The summed E-state index contributed by atoms with van der Waals surface area (Å²) in [6.45, 7) is 0. The van der Waals surface area contributed by atoms with Gasteiger partial charge >= 0.3 is 0 Å². The number of thiophene rings is 1. The molecule has 0 bridgehead atoms. The third-order valence-electron chi connectivity index (χ3n) is 2.98. The molecular formula is C14H14N2OS. The SMILES string of the molecule is O=C(Cc1cccs1)N(c1ccccn1)C1CC1. The highest BCUT2D eigenvalue weighted by Crippen LogP contribution is 2.31.